The third-order valence-electron chi connectivity index (χ3n) is 1.70. The maximum absolute atomic E-state index is 11.1. The first-order valence-electron chi connectivity index (χ1n) is 4.59. The van der Waals surface area contributed by atoms with Crippen LogP contribution in [0.3, 0.4) is 0 Å². The first kappa shape index (κ1) is 11.8. The lowest BCUT2D eigenvalue weighted by molar-refractivity contribution is -0.114. The van der Waals surface area contributed by atoms with Crippen molar-refractivity contribution >= 4 is 23.2 Å². The van der Waals surface area contributed by atoms with Crippen molar-refractivity contribution in [2.24, 2.45) is 5.73 Å². The van der Waals surface area contributed by atoms with Crippen molar-refractivity contribution in [1.29, 1.82) is 0 Å². The third-order valence-corrected chi connectivity index (χ3v) is 1.94. The second-order valence-corrected chi connectivity index (χ2v) is 3.26. The number of carbonyl (C=O) groups excluding carboxylic acids is 1. The van der Waals surface area contributed by atoms with E-state index in [1.807, 2.05) is 6.92 Å². The summed E-state index contributed by atoms with van der Waals surface area (Å²) in [6.07, 6.45) is 0. The molecule has 0 fully saturated rings. The van der Waals surface area contributed by atoms with E-state index in [2.05, 4.69) is 5.32 Å². The van der Waals surface area contributed by atoms with Gasteiger partial charge >= 0.3 is 0 Å². The van der Waals surface area contributed by atoms with Gasteiger partial charge in [-0.2, -0.15) is 0 Å². The van der Waals surface area contributed by atoms with Crippen molar-refractivity contribution in [3.05, 3.63) is 23.2 Å². The lowest BCUT2D eigenvalue weighted by Crippen LogP contribution is -2.22. The summed E-state index contributed by atoms with van der Waals surface area (Å²) < 4.78 is 5.32. The van der Waals surface area contributed by atoms with Crippen LogP contribution in [-0.4, -0.2) is 19.1 Å². The zero-order valence-corrected chi connectivity index (χ0v) is 9.17. The fraction of sp³-hybridized carbons (Fsp3) is 0.300. The molecule has 0 aliphatic heterocycles. The van der Waals surface area contributed by atoms with Gasteiger partial charge in [0.15, 0.2) is 0 Å². The van der Waals surface area contributed by atoms with Crippen LogP contribution in [0.5, 0.6) is 5.75 Å². The Balaban J connectivity index is 2.89. The molecular formula is C10H13ClN2O2. The summed E-state index contributed by atoms with van der Waals surface area (Å²) in [4.78, 5) is 11.1. The highest BCUT2D eigenvalue weighted by atomic mass is 35.5. The monoisotopic (exact) mass is 228 g/mol. The molecule has 0 aliphatic carbocycles. The molecule has 5 heteroatoms. The van der Waals surface area contributed by atoms with Crippen LogP contribution in [0.4, 0.5) is 5.69 Å². The van der Waals surface area contributed by atoms with E-state index in [9.17, 15) is 4.79 Å². The third kappa shape index (κ3) is 3.42. The molecule has 1 aromatic carbocycles. The summed E-state index contributed by atoms with van der Waals surface area (Å²) in [7, 11) is 0. The highest BCUT2D eigenvalue weighted by molar-refractivity contribution is 6.30. The Bertz CT molecular complexity index is 355. The lowest BCUT2D eigenvalue weighted by Gasteiger charge is -2.11. The van der Waals surface area contributed by atoms with Gasteiger partial charge in [0.25, 0.3) is 0 Å². The molecule has 0 saturated carbocycles. The van der Waals surface area contributed by atoms with Crippen LogP contribution in [0.15, 0.2) is 18.2 Å². The van der Waals surface area contributed by atoms with Crippen LogP contribution in [0.2, 0.25) is 5.02 Å². The van der Waals surface area contributed by atoms with Gasteiger partial charge < -0.3 is 15.8 Å². The number of benzene rings is 1. The molecule has 0 radical (unpaired) electrons. The van der Waals surface area contributed by atoms with Crippen molar-refractivity contribution in [1.82, 2.24) is 0 Å². The number of hydrogen-bond donors (Lipinski definition) is 2. The maximum Gasteiger partial charge on any atom is 0.238 e. The molecule has 1 amide bonds. The number of rotatable bonds is 4. The molecule has 0 atom stereocenters. The molecule has 3 N–H and O–H groups in total. The normalized spacial score (nSPS) is 9.80. The Morgan fingerprint density at radius 3 is 2.93 bits per heavy atom. The zero-order chi connectivity index (χ0) is 11.3. The average molecular weight is 229 g/mol. The van der Waals surface area contributed by atoms with Crippen molar-refractivity contribution in [3.8, 4) is 5.75 Å². The van der Waals surface area contributed by atoms with Crippen molar-refractivity contribution in [3.63, 3.8) is 0 Å². The molecule has 15 heavy (non-hydrogen) atoms. The molecule has 1 rings (SSSR count). The second kappa shape index (κ2) is 5.58. The number of halogens is 1. The molecule has 0 aliphatic rings. The van der Waals surface area contributed by atoms with Gasteiger partial charge in [0.2, 0.25) is 5.91 Å². The summed E-state index contributed by atoms with van der Waals surface area (Å²) in [6, 6.07) is 5.01. The van der Waals surface area contributed by atoms with Gasteiger partial charge in [-0.1, -0.05) is 11.6 Å². The standard InChI is InChI=1S/C10H13ClN2O2/c1-2-15-9-5-7(11)3-4-8(9)13-10(14)6-12/h3-5H,2,6,12H2,1H3,(H,13,14). The fourth-order valence-electron chi connectivity index (χ4n) is 1.08. The van der Waals surface area contributed by atoms with E-state index < -0.39 is 0 Å². The minimum Gasteiger partial charge on any atom is -0.492 e. The van der Waals surface area contributed by atoms with Gasteiger partial charge in [0.05, 0.1) is 18.8 Å². The number of hydrogen-bond acceptors (Lipinski definition) is 3. The van der Waals surface area contributed by atoms with Gasteiger partial charge in [0.1, 0.15) is 5.75 Å². The Hall–Kier alpha value is -1.26. The Morgan fingerprint density at radius 1 is 1.60 bits per heavy atom. The number of anilines is 1. The van der Waals surface area contributed by atoms with Crippen molar-refractivity contribution < 1.29 is 9.53 Å². The summed E-state index contributed by atoms with van der Waals surface area (Å²) >= 11 is 5.81. The summed E-state index contributed by atoms with van der Waals surface area (Å²) in [5.74, 6) is 0.282. The summed E-state index contributed by atoms with van der Waals surface area (Å²) in [5.41, 5.74) is 5.78. The van der Waals surface area contributed by atoms with Crippen LogP contribution in [0, 0.1) is 0 Å². The maximum atomic E-state index is 11.1. The number of carbonyl (C=O) groups is 1. The Morgan fingerprint density at radius 2 is 2.33 bits per heavy atom. The first-order valence-corrected chi connectivity index (χ1v) is 4.97. The molecule has 0 bridgehead atoms. The molecule has 4 nitrogen and oxygen atoms in total. The molecule has 0 saturated heterocycles. The summed E-state index contributed by atoms with van der Waals surface area (Å²) in [6.45, 7) is 2.30. The van der Waals surface area contributed by atoms with Crippen molar-refractivity contribution in [2.75, 3.05) is 18.5 Å². The number of ether oxygens (including phenoxy) is 1. The van der Waals surface area contributed by atoms with Crippen LogP contribution in [0.25, 0.3) is 0 Å². The van der Waals surface area contributed by atoms with Gasteiger partial charge in [-0.25, -0.2) is 0 Å². The van der Waals surface area contributed by atoms with E-state index in [1.54, 1.807) is 18.2 Å². The number of nitrogens with one attached hydrogen (secondary N) is 1. The second-order valence-electron chi connectivity index (χ2n) is 2.83. The van der Waals surface area contributed by atoms with Gasteiger partial charge in [-0.3, -0.25) is 4.79 Å². The van der Waals surface area contributed by atoms with E-state index in [-0.39, 0.29) is 12.5 Å². The quantitative estimate of drug-likeness (QED) is 0.824. The Kier molecular flexibility index (Phi) is 4.39. The SMILES string of the molecule is CCOc1cc(Cl)ccc1NC(=O)CN. The molecule has 0 spiro atoms. The van der Waals surface area contributed by atoms with E-state index >= 15 is 0 Å². The fourth-order valence-corrected chi connectivity index (χ4v) is 1.24. The van der Waals surface area contributed by atoms with Crippen LogP contribution in [-0.2, 0) is 4.79 Å². The summed E-state index contributed by atoms with van der Waals surface area (Å²) in [5, 5.41) is 3.18. The van der Waals surface area contributed by atoms with Crippen LogP contribution >= 0.6 is 11.6 Å². The smallest absolute Gasteiger partial charge is 0.238 e. The lowest BCUT2D eigenvalue weighted by atomic mass is 10.3. The molecule has 1 aromatic rings. The highest BCUT2D eigenvalue weighted by Crippen LogP contribution is 2.27. The highest BCUT2D eigenvalue weighted by Gasteiger charge is 2.06. The predicted molar refractivity (Wildman–Crippen MR) is 60.3 cm³/mol. The van der Waals surface area contributed by atoms with E-state index in [0.29, 0.717) is 23.1 Å². The molecule has 0 aromatic heterocycles. The number of amides is 1. The molecular weight excluding hydrogens is 216 g/mol. The van der Waals surface area contributed by atoms with E-state index in [4.69, 9.17) is 22.1 Å². The molecule has 82 valence electrons. The minimum absolute atomic E-state index is 0.0613. The minimum atomic E-state index is -0.265. The van der Waals surface area contributed by atoms with Crippen molar-refractivity contribution in [2.45, 2.75) is 6.92 Å². The predicted octanol–water partition coefficient (Wildman–Crippen LogP) is 1.64. The number of nitrogens with two attached hydrogens (primary N) is 1. The topological polar surface area (TPSA) is 64.3 Å². The molecule has 0 heterocycles. The largest absolute Gasteiger partial charge is 0.492 e. The first-order chi connectivity index (χ1) is 7.17. The van der Waals surface area contributed by atoms with Gasteiger partial charge in [-0.05, 0) is 19.1 Å². The van der Waals surface area contributed by atoms with Crippen LogP contribution in [0.1, 0.15) is 6.92 Å². The molecule has 0 unspecified atom stereocenters. The van der Waals surface area contributed by atoms with E-state index in [1.165, 1.54) is 0 Å². The zero-order valence-electron chi connectivity index (χ0n) is 8.42. The van der Waals surface area contributed by atoms with Gasteiger partial charge in [0, 0.05) is 11.1 Å². The van der Waals surface area contributed by atoms with Gasteiger partial charge in [-0.15, -0.1) is 0 Å². The van der Waals surface area contributed by atoms with Crippen LogP contribution < -0.4 is 15.8 Å². The average Bonchev–Trinajstić information content (AvgIpc) is 2.22. The van der Waals surface area contributed by atoms with E-state index in [0.717, 1.165) is 0 Å². The Labute approximate surface area is 93.4 Å².